The van der Waals surface area contributed by atoms with Crippen molar-refractivity contribution in [3.8, 4) is 0 Å². The van der Waals surface area contributed by atoms with Gasteiger partial charge in [-0.3, -0.25) is 9.89 Å². The number of H-pyrrole nitrogens is 1. The number of hydrogen-bond donors (Lipinski definition) is 2. The van der Waals surface area contributed by atoms with Crippen molar-refractivity contribution in [1.82, 2.24) is 10.2 Å². The summed E-state index contributed by atoms with van der Waals surface area (Å²) in [5, 5.41) is 9.90. The van der Waals surface area contributed by atoms with E-state index in [9.17, 15) is 4.79 Å². The van der Waals surface area contributed by atoms with E-state index in [-0.39, 0.29) is 5.91 Å². The standard InChI is InChI=1S/C12H9Cl2N3O/c13-9-3-1-8(7-10(9)14)2-4-12(18)16-11-5-6-15-17-11/h1-7H,(H2,15,16,17,18)/b4-2+. The van der Waals surface area contributed by atoms with E-state index in [0.717, 1.165) is 5.56 Å². The first kappa shape index (κ1) is 12.7. The molecular formula is C12H9Cl2N3O. The van der Waals surface area contributed by atoms with E-state index in [1.165, 1.54) is 6.08 Å². The van der Waals surface area contributed by atoms with Crippen molar-refractivity contribution in [3.63, 3.8) is 0 Å². The molecular weight excluding hydrogens is 273 g/mol. The minimum atomic E-state index is -0.259. The van der Waals surface area contributed by atoms with E-state index >= 15 is 0 Å². The Hall–Kier alpha value is -1.78. The van der Waals surface area contributed by atoms with E-state index in [0.29, 0.717) is 15.9 Å². The molecule has 0 aliphatic carbocycles. The summed E-state index contributed by atoms with van der Waals surface area (Å²) in [7, 11) is 0. The predicted octanol–water partition coefficient (Wildman–Crippen LogP) is 3.37. The molecule has 2 rings (SSSR count). The first-order valence-corrected chi connectivity index (χ1v) is 5.84. The molecule has 0 saturated heterocycles. The quantitative estimate of drug-likeness (QED) is 0.848. The van der Waals surface area contributed by atoms with Crippen LogP contribution in [0.25, 0.3) is 6.08 Å². The normalized spacial score (nSPS) is 10.8. The summed E-state index contributed by atoms with van der Waals surface area (Å²) in [6.07, 6.45) is 4.60. The van der Waals surface area contributed by atoms with Crippen LogP contribution in [0.1, 0.15) is 5.56 Å². The molecule has 0 spiro atoms. The van der Waals surface area contributed by atoms with Crippen molar-refractivity contribution in [2.24, 2.45) is 0 Å². The summed E-state index contributed by atoms with van der Waals surface area (Å²) in [5.74, 6) is 0.282. The lowest BCUT2D eigenvalue weighted by atomic mass is 10.2. The van der Waals surface area contributed by atoms with Crippen molar-refractivity contribution >= 4 is 41.0 Å². The molecule has 1 amide bonds. The Morgan fingerprint density at radius 1 is 1.28 bits per heavy atom. The molecule has 1 aromatic carbocycles. The van der Waals surface area contributed by atoms with Gasteiger partial charge >= 0.3 is 0 Å². The molecule has 18 heavy (non-hydrogen) atoms. The van der Waals surface area contributed by atoms with Gasteiger partial charge in [-0.1, -0.05) is 29.3 Å². The predicted molar refractivity (Wildman–Crippen MR) is 72.7 cm³/mol. The molecule has 2 aromatic rings. The Labute approximate surface area is 114 Å². The number of benzene rings is 1. The number of nitrogens with zero attached hydrogens (tertiary/aromatic N) is 1. The van der Waals surface area contributed by atoms with E-state index < -0.39 is 0 Å². The summed E-state index contributed by atoms with van der Waals surface area (Å²) < 4.78 is 0. The number of rotatable bonds is 3. The largest absolute Gasteiger partial charge is 0.307 e. The molecule has 0 saturated carbocycles. The number of aromatic amines is 1. The summed E-state index contributed by atoms with van der Waals surface area (Å²) in [6, 6.07) is 6.79. The second-order valence-corrected chi connectivity index (χ2v) is 4.28. The van der Waals surface area contributed by atoms with Crippen LogP contribution in [0.2, 0.25) is 10.0 Å². The van der Waals surface area contributed by atoms with Gasteiger partial charge in [-0.05, 0) is 23.8 Å². The average molecular weight is 282 g/mol. The number of amides is 1. The highest BCUT2D eigenvalue weighted by atomic mass is 35.5. The Kier molecular flexibility index (Phi) is 4.02. The molecule has 2 N–H and O–H groups in total. The molecule has 0 bridgehead atoms. The second-order valence-electron chi connectivity index (χ2n) is 3.47. The van der Waals surface area contributed by atoms with E-state index in [1.807, 2.05) is 0 Å². The van der Waals surface area contributed by atoms with Crippen molar-refractivity contribution in [3.05, 3.63) is 52.1 Å². The molecule has 6 heteroatoms. The zero-order valence-corrected chi connectivity index (χ0v) is 10.7. The van der Waals surface area contributed by atoms with Crippen LogP contribution in [-0.4, -0.2) is 16.1 Å². The van der Waals surface area contributed by atoms with Gasteiger partial charge < -0.3 is 5.32 Å². The van der Waals surface area contributed by atoms with Gasteiger partial charge in [-0.15, -0.1) is 0 Å². The third-order valence-electron chi connectivity index (χ3n) is 2.13. The Morgan fingerprint density at radius 2 is 2.11 bits per heavy atom. The van der Waals surface area contributed by atoms with Gasteiger partial charge in [0.25, 0.3) is 0 Å². The van der Waals surface area contributed by atoms with Gasteiger partial charge in [0.05, 0.1) is 16.2 Å². The number of anilines is 1. The minimum Gasteiger partial charge on any atom is -0.307 e. The van der Waals surface area contributed by atoms with Gasteiger partial charge in [0.2, 0.25) is 5.91 Å². The van der Waals surface area contributed by atoms with Gasteiger partial charge in [0, 0.05) is 12.1 Å². The van der Waals surface area contributed by atoms with E-state index in [1.54, 1.807) is 36.5 Å². The monoisotopic (exact) mass is 281 g/mol. The van der Waals surface area contributed by atoms with Crippen molar-refractivity contribution < 1.29 is 4.79 Å². The maximum atomic E-state index is 11.5. The zero-order valence-electron chi connectivity index (χ0n) is 9.15. The number of aromatic nitrogens is 2. The number of hydrogen-bond acceptors (Lipinski definition) is 2. The number of carbonyl (C=O) groups is 1. The molecule has 1 heterocycles. The fraction of sp³-hybridized carbons (Fsp3) is 0. The summed E-state index contributed by atoms with van der Waals surface area (Å²) in [6.45, 7) is 0. The van der Waals surface area contributed by atoms with Crippen molar-refractivity contribution in [2.45, 2.75) is 0 Å². The van der Waals surface area contributed by atoms with Crippen molar-refractivity contribution in [2.75, 3.05) is 5.32 Å². The summed E-state index contributed by atoms with van der Waals surface area (Å²) in [4.78, 5) is 11.5. The first-order valence-electron chi connectivity index (χ1n) is 5.08. The van der Waals surface area contributed by atoms with Gasteiger partial charge in [-0.25, -0.2) is 0 Å². The van der Waals surface area contributed by atoms with Crippen LogP contribution in [0.15, 0.2) is 36.5 Å². The number of halogens is 2. The van der Waals surface area contributed by atoms with Crippen LogP contribution in [0.4, 0.5) is 5.82 Å². The molecule has 1 aromatic heterocycles. The maximum absolute atomic E-state index is 11.5. The lowest BCUT2D eigenvalue weighted by Gasteiger charge is -1.98. The fourth-order valence-electron chi connectivity index (χ4n) is 1.29. The molecule has 0 aliphatic heterocycles. The second kappa shape index (κ2) is 5.71. The molecule has 0 fully saturated rings. The van der Waals surface area contributed by atoms with Crippen LogP contribution in [0.5, 0.6) is 0 Å². The Balaban J connectivity index is 2.01. The van der Waals surface area contributed by atoms with Crippen molar-refractivity contribution in [1.29, 1.82) is 0 Å². The lowest BCUT2D eigenvalue weighted by Crippen LogP contribution is -2.07. The SMILES string of the molecule is O=C(/C=C/c1ccc(Cl)c(Cl)c1)Nc1ccn[nH]1. The molecule has 0 unspecified atom stereocenters. The highest BCUT2D eigenvalue weighted by molar-refractivity contribution is 6.42. The fourth-order valence-corrected chi connectivity index (χ4v) is 1.59. The Morgan fingerprint density at radius 3 is 2.78 bits per heavy atom. The summed E-state index contributed by atoms with van der Waals surface area (Å²) in [5.41, 5.74) is 0.796. The highest BCUT2D eigenvalue weighted by Crippen LogP contribution is 2.23. The van der Waals surface area contributed by atoms with Crippen LogP contribution in [-0.2, 0) is 4.79 Å². The topological polar surface area (TPSA) is 57.8 Å². The van der Waals surface area contributed by atoms with E-state index in [2.05, 4.69) is 15.5 Å². The zero-order chi connectivity index (χ0) is 13.0. The van der Waals surface area contributed by atoms with Crippen LogP contribution >= 0.6 is 23.2 Å². The van der Waals surface area contributed by atoms with Crippen LogP contribution in [0.3, 0.4) is 0 Å². The van der Waals surface area contributed by atoms with Gasteiger partial charge in [0.1, 0.15) is 5.82 Å². The van der Waals surface area contributed by atoms with Crippen LogP contribution in [0, 0.1) is 0 Å². The summed E-state index contributed by atoms with van der Waals surface area (Å²) >= 11 is 11.7. The number of nitrogens with one attached hydrogen (secondary N) is 2. The van der Waals surface area contributed by atoms with Gasteiger partial charge in [-0.2, -0.15) is 5.10 Å². The Bertz CT molecular complexity index is 579. The smallest absolute Gasteiger partial charge is 0.249 e. The molecule has 4 nitrogen and oxygen atoms in total. The molecule has 0 aliphatic rings. The maximum Gasteiger partial charge on any atom is 0.249 e. The minimum absolute atomic E-state index is 0.259. The highest BCUT2D eigenvalue weighted by Gasteiger charge is 1.99. The average Bonchev–Trinajstić information content (AvgIpc) is 2.83. The lowest BCUT2D eigenvalue weighted by molar-refractivity contribution is -0.111. The van der Waals surface area contributed by atoms with Gasteiger partial charge in [0.15, 0.2) is 0 Å². The van der Waals surface area contributed by atoms with Crippen LogP contribution < -0.4 is 5.32 Å². The third kappa shape index (κ3) is 3.35. The third-order valence-corrected chi connectivity index (χ3v) is 2.87. The number of carbonyl (C=O) groups excluding carboxylic acids is 1. The molecule has 92 valence electrons. The van der Waals surface area contributed by atoms with E-state index in [4.69, 9.17) is 23.2 Å². The molecule has 0 atom stereocenters. The first-order chi connectivity index (χ1) is 8.65. The molecule has 0 radical (unpaired) electrons.